The Labute approximate surface area is 212 Å². The number of aliphatic hydroxyl groups excluding tert-OH is 1. The standard InChI is InChI=1S/C30H33N3O3/c1-21-6-4-3-5-7-27(21)30(35)36-17-15-22-8-10-23(11-9-22)28(20-31-2)29(34)33-26-13-12-25-19-32-16-14-24(25)18-26/h3-14,16,18-19,27-29,31,33-34H,15,17,20H2,1-2H3/t27?,28?,29-/m0/s1. The average molecular weight is 484 g/mol. The molecule has 0 radical (unpaired) electrons. The van der Waals surface area contributed by atoms with Crippen LogP contribution in [0.2, 0.25) is 0 Å². The Bertz CT molecular complexity index is 1260. The van der Waals surface area contributed by atoms with Crippen LogP contribution in [0.4, 0.5) is 5.69 Å². The monoisotopic (exact) mass is 483 g/mol. The molecule has 0 fully saturated rings. The first-order chi connectivity index (χ1) is 17.5. The molecule has 0 bridgehead atoms. The summed E-state index contributed by atoms with van der Waals surface area (Å²) in [6, 6.07) is 16.0. The van der Waals surface area contributed by atoms with Crippen molar-refractivity contribution in [1.29, 1.82) is 0 Å². The number of aromatic nitrogens is 1. The molecule has 2 aromatic carbocycles. The van der Waals surface area contributed by atoms with E-state index in [4.69, 9.17) is 4.74 Å². The summed E-state index contributed by atoms with van der Waals surface area (Å²) in [5.41, 5.74) is 3.92. The first-order valence-electron chi connectivity index (χ1n) is 12.3. The molecule has 6 heteroatoms. The summed E-state index contributed by atoms with van der Waals surface area (Å²) in [5.74, 6) is -0.716. The second-order valence-electron chi connectivity index (χ2n) is 9.01. The third kappa shape index (κ3) is 6.47. The second-order valence-corrected chi connectivity index (χ2v) is 9.01. The van der Waals surface area contributed by atoms with Crippen LogP contribution in [0, 0.1) is 5.92 Å². The number of nitrogens with one attached hydrogen (secondary N) is 2. The van der Waals surface area contributed by atoms with Gasteiger partial charge in [-0.2, -0.15) is 0 Å². The average Bonchev–Trinajstić information content (AvgIpc) is 3.12. The summed E-state index contributed by atoms with van der Waals surface area (Å²) < 4.78 is 5.54. The Kier molecular flexibility index (Phi) is 8.66. The molecule has 1 heterocycles. The van der Waals surface area contributed by atoms with E-state index in [-0.39, 0.29) is 17.8 Å². The summed E-state index contributed by atoms with van der Waals surface area (Å²) in [6.45, 7) is 2.87. The third-order valence-electron chi connectivity index (χ3n) is 6.43. The number of hydrogen-bond donors (Lipinski definition) is 3. The molecule has 0 spiro atoms. The molecule has 1 aliphatic rings. The predicted octanol–water partition coefficient (Wildman–Crippen LogP) is 4.74. The van der Waals surface area contributed by atoms with Crippen LogP contribution in [-0.4, -0.2) is 42.5 Å². The van der Waals surface area contributed by atoms with Crippen LogP contribution in [0.3, 0.4) is 0 Å². The topological polar surface area (TPSA) is 83.5 Å². The van der Waals surface area contributed by atoms with Crippen LogP contribution in [0.25, 0.3) is 10.8 Å². The van der Waals surface area contributed by atoms with E-state index in [9.17, 15) is 9.90 Å². The van der Waals surface area contributed by atoms with Gasteiger partial charge in [0.05, 0.1) is 12.5 Å². The molecule has 3 N–H and O–H groups in total. The maximum Gasteiger partial charge on any atom is 0.316 e. The number of fused-ring (bicyclic) bond motifs is 1. The van der Waals surface area contributed by atoms with Crippen LogP contribution in [-0.2, 0) is 16.0 Å². The van der Waals surface area contributed by atoms with Crippen LogP contribution in [0.15, 0.2) is 96.9 Å². The molecule has 1 aliphatic carbocycles. The smallest absolute Gasteiger partial charge is 0.316 e. The van der Waals surface area contributed by atoms with Crippen molar-refractivity contribution >= 4 is 22.4 Å². The first kappa shape index (κ1) is 25.4. The molecule has 4 rings (SSSR count). The van der Waals surface area contributed by atoms with Gasteiger partial charge < -0.3 is 20.5 Å². The zero-order chi connectivity index (χ0) is 25.3. The molecule has 2 unspecified atom stereocenters. The number of allylic oxidation sites excluding steroid dienone is 4. The van der Waals surface area contributed by atoms with E-state index in [1.165, 1.54) is 0 Å². The maximum absolute atomic E-state index is 12.5. The fourth-order valence-corrected chi connectivity index (χ4v) is 4.33. The van der Waals surface area contributed by atoms with E-state index in [0.29, 0.717) is 19.6 Å². The summed E-state index contributed by atoms with van der Waals surface area (Å²) in [7, 11) is 1.88. The molecule has 3 aromatic rings. The molecule has 1 aromatic heterocycles. The lowest BCUT2D eigenvalue weighted by Crippen LogP contribution is -2.33. The van der Waals surface area contributed by atoms with Crippen molar-refractivity contribution in [3.05, 3.63) is 108 Å². The van der Waals surface area contributed by atoms with E-state index in [1.54, 1.807) is 6.20 Å². The molecular weight excluding hydrogens is 450 g/mol. The number of pyridine rings is 1. The molecule has 0 aliphatic heterocycles. The van der Waals surface area contributed by atoms with E-state index in [0.717, 1.165) is 33.2 Å². The molecule has 6 nitrogen and oxygen atoms in total. The number of ether oxygens (including phenoxy) is 1. The minimum Gasteiger partial charge on any atom is -0.465 e. The lowest BCUT2D eigenvalue weighted by Gasteiger charge is -2.25. The van der Waals surface area contributed by atoms with E-state index in [2.05, 4.69) is 15.6 Å². The predicted molar refractivity (Wildman–Crippen MR) is 145 cm³/mol. The number of esters is 1. The molecule has 36 heavy (non-hydrogen) atoms. The van der Waals surface area contributed by atoms with Crippen molar-refractivity contribution in [1.82, 2.24) is 10.3 Å². The van der Waals surface area contributed by atoms with E-state index in [1.807, 2.05) is 99.1 Å². The van der Waals surface area contributed by atoms with Crippen LogP contribution in [0.5, 0.6) is 0 Å². The largest absolute Gasteiger partial charge is 0.465 e. The highest BCUT2D eigenvalue weighted by Gasteiger charge is 2.21. The number of benzene rings is 2. The second kappa shape index (κ2) is 12.3. The van der Waals surface area contributed by atoms with Gasteiger partial charge >= 0.3 is 5.97 Å². The van der Waals surface area contributed by atoms with Crippen LogP contribution >= 0.6 is 0 Å². The SMILES string of the molecule is CNCC(c1ccc(CCOC(=O)C2C=CC=CC=C2C)cc1)[C@H](O)Nc1ccc2cnccc2c1. The van der Waals surface area contributed by atoms with Gasteiger partial charge in [-0.3, -0.25) is 9.78 Å². The molecule has 0 saturated heterocycles. The van der Waals surface area contributed by atoms with E-state index >= 15 is 0 Å². The zero-order valence-electron chi connectivity index (χ0n) is 20.7. The van der Waals surface area contributed by atoms with E-state index < -0.39 is 6.23 Å². The summed E-state index contributed by atoms with van der Waals surface area (Å²) in [5, 5.41) is 19.6. The first-order valence-corrected chi connectivity index (χ1v) is 12.3. The normalized spacial score (nSPS) is 16.8. The Balaban J connectivity index is 1.35. The number of aliphatic hydroxyl groups is 1. The molecular formula is C30H33N3O3. The highest BCUT2D eigenvalue weighted by atomic mass is 16.5. The zero-order valence-corrected chi connectivity index (χ0v) is 20.7. The Morgan fingerprint density at radius 3 is 2.72 bits per heavy atom. The number of nitrogens with zero attached hydrogens (tertiary/aromatic N) is 1. The van der Waals surface area contributed by atoms with Crippen molar-refractivity contribution in [3.8, 4) is 0 Å². The number of hydrogen-bond acceptors (Lipinski definition) is 6. The highest BCUT2D eigenvalue weighted by molar-refractivity contribution is 5.84. The lowest BCUT2D eigenvalue weighted by atomic mass is 9.95. The quantitative estimate of drug-likeness (QED) is 0.285. The number of anilines is 1. The minimum atomic E-state index is -0.776. The van der Waals surface area contributed by atoms with Gasteiger partial charge in [0.1, 0.15) is 6.23 Å². The van der Waals surface area contributed by atoms with Gasteiger partial charge in [0.15, 0.2) is 0 Å². The number of carbonyl (C=O) groups excluding carboxylic acids is 1. The fraction of sp³-hybridized carbons (Fsp3) is 0.267. The summed E-state index contributed by atoms with van der Waals surface area (Å²) in [6.07, 6.45) is 13.0. The van der Waals surface area contributed by atoms with Crippen molar-refractivity contribution in [2.24, 2.45) is 5.92 Å². The summed E-state index contributed by atoms with van der Waals surface area (Å²) in [4.78, 5) is 16.6. The fourth-order valence-electron chi connectivity index (χ4n) is 4.33. The van der Waals surface area contributed by atoms with Gasteiger partial charge in [-0.05, 0) is 48.7 Å². The van der Waals surface area contributed by atoms with Gasteiger partial charge in [0, 0.05) is 42.4 Å². The van der Waals surface area contributed by atoms with Gasteiger partial charge in [-0.25, -0.2) is 0 Å². The maximum atomic E-state index is 12.5. The molecule has 186 valence electrons. The van der Waals surface area contributed by atoms with Crippen LogP contribution in [0.1, 0.15) is 24.0 Å². The third-order valence-corrected chi connectivity index (χ3v) is 6.43. The molecule has 0 amide bonds. The Morgan fingerprint density at radius 1 is 1.08 bits per heavy atom. The molecule has 0 saturated carbocycles. The Morgan fingerprint density at radius 2 is 1.92 bits per heavy atom. The van der Waals surface area contributed by atoms with Gasteiger partial charge in [-0.1, -0.05) is 66.3 Å². The number of rotatable bonds is 10. The Hall–Kier alpha value is -3.74. The van der Waals surface area contributed by atoms with Crippen molar-refractivity contribution in [3.63, 3.8) is 0 Å². The number of carbonyl (C=O) groups is 1. The van der Waals surface area contributed by atoms with Crippen molar-refractivity contribution in [2.45, 2.75) is 25.5 Å². The minimum absolute atomic E-state index is 0.152. The molecule has 3 atom stereocenters. The van der Waals surface area contributed by atoms with Crippen molar-refractivity contribution in [2.75, 3.05) is 25.5 Å². The lowest BCUT2D eigenvalue weighted by molar-refractivity contribution is -0.145. The summed E-state index contributed by atoms with van der Waals surface area (Å²) >= 11 is 0. The highest BCUT2D eigenvalue weighted by Crippen LogP contribution is 2.24. The van der Waals surface area contributed by atoms with Gasteiger partial charge in [0.2, 0.25) is 0 Å². The van der Waals surface area contributed by atoms with Crippen LogP contribution < -0.4 is 10.6 Å². The van der Waals surface area contributed by atoms with Crippen molar-refractivity contribution < 1.29 is 14.6 Å². The van der Waals surface area contributed by atoms with Gasteiger partial charge in [0.25, 0.3) is 0 Å². The van der Waals surface area contributed by atoms with Gasteiger partial charge in [-0.15, -0.1) is 0 Å². The number of likely N-dealkylation sites (N-methyl/N-ethyl adjacent to an activating group) is 1.